The molecule has 1 aliphatic rings. The van der Waals surface area contributed by atoms with E-state index in [2.05, 4.69) is 5.23 Å². The van der Waals surface area contributed by atoms with Crippen molar-refractivity contribution >= 4 is 13.8 Å². The number of ketones is 1. The number of carbonyl (C=O) groups excluding carboxylic acids is 1. The van der Waals surface area contributed by atoms with Crippen molar-refractivity contribution < 1.29 is 4.79 Å². The predicted octanol–water partition coefficient (Wildman–Crippen LogP) is 0.807. The van der Waals surface area contributed by atoms with Gasteiger partial charge in [-0.25, -0.2) is 0 Å². The number of hydrogen-bond acceptors (Lipinski definition) is 2. The third-order valence-electron chi connectivity index (χ3n) is 2.50. The summed E-state index contributed by atoms with van der Waals surface area (Å²) in [6.07, 6.45) is 4.41. The van der Waals surface area contributed by atoms with Crippen molar-refractivity contribution in [3.63, 3.8) is 0 Å². The molecule has 0 heterocycles. The first-order valence-electron chi connectivity index (χ1n) is 4.22. The summed E-state index contributed by atoms with van der Waals surface area (Å²) < 4.78 is 0. The lowest BCUT2D eigenvalue weighted by Gasteiger charge is -2.29. The van der Waals surface area contributed by atoms with Crippen LogP contribution in [0.1, 0.15) is 32.6 Å². The van der Waals surface area contributed by atoms with Crippen molar-refractivity contribution in [3.8, 4) is 0 Å². The van der Waals surface area contributed by atoms with Crippen LogP contribution in [0.4, 0.5) is 0 Å². The largest absolute Gasteiger partial charge is 0.363 e. The van der Waals surface area contributed by atoms with Gasteiger partial charge < -0.3 is 5.23 Å². The summed E-state index contributed by atoms with van der Waals surface area (Å²) in [5.41, 5.74) is 0. The lowest BCUT2D eigenvalue weighted by Crippen LogP contribution is -2.40. The fraction of sp³-hybridized carbons (Fsp3) is 0.875. The second-order valence-corrected chi connectivity index (χ2v) is 3.27. The molecule has 1 fully saturated rings. The van der Waals surface area contributed by atoms with Crippen LogP contribution in [0.25, 0.3) is 0 Å². The van der Waals surface area contributed by atoms with Gasteiger partial charge in [0.2, 0.25) is 0 Å². The fourth-order valence-electron chi connectivity index (χ4n) is 1.82. The van der Waals surface area contributed by atoms with Crippen LogP contribution >= 0.6 is 0 Å². The van der Waals surface area contributed by atoms with E-state index in [-0.39, 0.29) is 17.7 Å². The number of carbonyl (C=O) groups is 1. The maximum Gasteiger partial charge on any atom is 0.178 e. The molecule has 0 aromatic heterocycles. The molecule has 0 aromatic rings. The fourth-order valence-corrected chi connectivity index (χ4v) is 1.82. The first-order valence-corrected chi connectivity index (χ1v) is 4.22. The Morgan fingerprint density at radius 1 is 1.45 bits per heavy atom. The minimum atomic E-state index is 0.161. The van der Waals surface area contributed by atoms with Crippen molar-refractivity contribution in [2.45, 2.75) is 38.6 Å². The molecule has 3 heteroatoms. The highest BCUT2D eigenvalue weighted by Crippen LogP contribution is 2.24. The summed E-state index contributed by atoms with van der Waals surface area (Å²) in [7, 11) is 5.33. The number of nitrogens with one attached hydrogen (secondary N) is 1. The highest BCUT2D eigenvalue weighted by Gasteiger charge is 2.26. The summed E-state index contributed by atoms with van der Waals surface area (Å²) >= 11 is 0. The average molecular weight is 151 g/mol. The molecule has 0 spiro atoms. The summed E-state index contributed by atoms with van der Waals surface area (Å²) in [6.45, 7) is 1.65. The predicted molar refractivity (Wildman–Crippen MR) is 45.3 cm³/mol. The monoisotopic (exact) mass is 151 g/mol. The zero-order valence-corrected chi connectivity index (χ0v) is 6.97. The van der Waals surface area contributed by atoms with Crippen LogP contribution in [0.2, 0.25) is 0 Å². The molecule has 1 aliphatic carbocycles. The van der Waals surface area contributed by atoms with Crippen LogP contribution in [-0.4, -0.2) is 19.8 Å². The molecule has 0 amide bonds. The van der Waals surface area contributed by atoms with Crippen LogP contribution in [0.15, 0.2) is 0 Å². The molecule has 11 heavy (non-hydrogen) atoms. The Labute approximate surface area is 69.2 Å². The van der Waals surface area contributed by atoms with Crippen LogP contribution in [0.5, 0.6) is 0 Å². The lowest BCUT2D eigenvalue weighted by atomic mass is 9.81. The van der Waals surface area contributed by atoms with Crippen LogP contribution in [-0.2, 0) is 4.79 Å². The number of rotatable bonds is 2. The molecule has 1 N–H and O–H groups in total. The maximum absolute atomic E-state index is 11.1. The van der Waals surface area contributed by atoms with Crippen molar-refractivity contribution in [2.24, 2.45) is 5.92 Å². The zero-order chi connectivity index (χ0) is 8.27. The molecular formula is C8H14BNO. The molecule has 0 unspecified atom stereocenters. The molecule has 0 saturated heterocycles. The minimum absolute atomic E-state index is 0.161. The second-order valence-electron chi connectivity index (χ2n) is 3.27. The van der Waals surface area contributed by atoms with Gasteiger partial charge in [0.05, 0.1) is 0 Å². The van der Waals surface area contributed by atoms with Gasteiger partial charge in [0.25, 0.3) is 0 Å². The third kappa shape index (κ3) is 2.06. The van der Waals surface area contributed by atoms with E-state index < -0.39 is 0 Å². The summed E-state index contributed by atoms with van der Waals surface area (Å²) in [6, 6.07) is 0.223. The highest BCUT2D eigenvalue weighted by atomic mass is 16.1. The van der Waals surface area contributed by atoms with E-state index in [0.29, 0.717) is 0 Å². The Hall–Kier alpha value is -0.305. The zero-order valence-electron chi connectivity index (χ0n) is 6.97. The Kier molecular flexibility index (Phi) is 3.12. The average Bonchev–Trinajstić information content (AvgIpc) is 2.04. The molecule has 0 aliphatic heterocycles. The van der Waals surface area contributed by atoms with E-state index in [0.717, 1.165) is 12.8 Å². The van der Waals surface area contributed by atoms with Gasteiger partial charge in [0, 0.05) is 12.0 Å². The quantitative estimate of drug-likeness (QED) is 0.591. The van der Waals surface area contributed by atoms with E-state index in [1.165, 1.54) is 12.8 Å². The number of Topliss-reactive ketones (excluding diaryl/α,β-unsaturated/α-hetero) is 1. The topological polar surface area (TPSA) is 29.1 Å². The number of hydrogen-bond donors (Lipinski definition) is 1. The summed E-state index contributed by atoms with van der Waals surface area (Å²) in [5.74, 6) is 0.432. The first-order chi connectivity index (χ1) is 5.25. The molecule has 2 atom stereocenters. The Balaban J connectivity index is 2.51. The van der Waals surface area contributed by atoms with E-state index >= 15 is 0 Å². The van der Waals surface area contributed by atoms with Crippen molar-refractivity contribution in [1.29, 1.82) is 0 Å². The SMILES string of the molecule is [B]N[C@H]1CCCC[C@@H]1C(C)=O. The van der Waals surface area contributed by atoms with E-state index in [4.69, 9.17) is 7.98 Å². The van der Waals surface area contributed by atoms with Gasteiger partial charge in [0.15, 0.2) is 7.98 Å². The standard InChI is InChI=1S/C8H14BNO/c1-6(11)7-4-2-3-5-8(7)10-9/h7-8,10H,2-5H2,1H3/t7-,8+/m1/s1. The van der Waals surface area contributed by atoms with E-state index in [9.17, 15) is 4.79 Å². The smallest absolute Gasteiger partial charge is 0.178 e. The maximum atomic E-state index is 11.1. The van der Waals surface area contributed by atoms with Gasteiger partial charge in [0.1, 0.15) is 5.78 Å². The van der Waals surface area contributed by atoms with Crippen molar-refractivity contribution in [1.82, 2.24) is 5.23 Å². The molecule has 1 rings (SSSR count). The lowest BCUT2D eigenvalue weighted by molar-refractivity contribution is -0.122. The van der Waals surface area contributed by atoms with Gasteiger partial charge in [-0.05, 0) is 19.8 Å². The van der Waals surface area contributed by atoms with Gasteiger partial charge in [-0.15, -0.1) is 0 Å². The molecule has 2 nitrogen and oxygen atoms in total. The Morgan fingerprint density at radius 2 is 2.09 bits per heavy atom. The molecule has 0 aromatic carbocycles. The second kappa shape index (κ2) is 3.91. The van der Waals surface area contributed by atoms with Crippen LogP contribution < -0.4 is 5.23 Å². The summed E-state index contributed by atoms with van der Waals surface area (Å²) in [4.78, 5) is 11.1. The van der Waals surface area contributed by atoms with E-state index in [1.54, 1.807) is 6.92 Å². The first kappa shape index (κ1) is 8.79. The van der Waals surface area contributed by atoms with Gasteiger partial charge in [-0.1, -0.05) is 12.8 Å². The molecular weight excluding hydrogens is 137 g/mol. The van der Waals surface area contributed by atoms with E-state index in [1.807, 2.05) is 0 Å². The molecule has 0 bridgehead atoms. The molecule has 1 saturated carbocycles. The normalized spacial score (nSPS) is 31.7. The highest BCUT2D eigenvalue weighted by molar-refractivity contribution is 6.04. The Bertz CT molecular complexity index is 149. The molecule has 60 valence electrons. The van der Waals surface area contributed by atoms with Crippen LogP contribution in [0.3, 0.4) is 0 Å². The van der Waals surface area contributed by atoms with Crippen molar-refractivity contribution in [2.75, 3.05) is 0 Å². The van der Waals surface area contributed by atoms with Crippen molar-refractivity contribution in [3.05, 3.63) is 0 Å². The Morgan fingerprint density at radius 3 is 2.55 bits per heavy atom. The molecule has 2 radical (unpaired) electrons. The third-order valence-corrected chi connectivity index (χ3v) is 2.50. The minimum Gasteiger partial charge on any atom is -0.363 e. The summed E-state index contributed by atoms with van der Waals surface area (Å²) in [5, 5.41) is 2.71. The van der Waals surface area contributed by atoms with Gasteiger partial charge >= 0.3 is 0 Å². The van der Waals surface area contributed by atoms with Crippen LogP contribution in [0, 0.1) is 5.92 Å². The van der Waals surface area contributed by atoms with Gasteiger partial charge in [-0.3, -0.25) is 4.79 Å². The van der Waals surface area contributed by atoms with Gasteiger partial charge in [-0.2, -0.15) is 0 Å².